The molecule has 0 aliphatic heterocycles. The van der Waals surface area contributed by atoms with Crippen LogP contribution in [0.1, 0.15) is 28.8 Å². The molecule has 0 bridgehead atoms. The molecule has 112 valence electrons. The van der Waals surface area contributed by atoms with E-state index in [1.165, 1.54) is 11.8 Å². The summed E-state index contributed by atoms with van der Waals surface area (Å²) in [5.41, 5.74) is 1.05. The fraction of sp³-hybridized carbons (Fsp3) is 0.417. The summed E-state index contributed by atoms with van der Waals surface area (Å²) < 4.78 is 5.12. The minimum absolute atomic E-state index is 0.190. The van der Waals surface area contributed by atoms with Crippen LogP contribution in [-0.2, 0) is 0 Å². The number of thioether (sulfide) groups is 1. The molecule has 0 aromatic carbocycles. The highest BCUT2D eigenvalue weighted by atomic mass is 32.2. The minimum Gasteiger partial charge on any atom is -0.463 e. The number of hydrogen-bond acceptors (Lipinski definition) is 7. The van der Waals surface area contributed by atoms with Crippen molar-refractivity contribution >= 4 is 23.6 Å². The number of anilines is 1. The number of rotatable bonds is 5. The van der Waals surface area contributed by atoms with Crippen LogP contribution in [-0.4, -0.2) is 43.9 Å². The monoisotopic (exact) mass is 308 g/mol. The number of hydrogen-bond donors (Lipinski definition) is 2. The summed E-state index contributed by atoms with van der Waals surface area (Å²) >= 11 is 1.39. The normalized spacial score (nSPS) is 10.5. The van der Waals surface area contributed by atoms with E-state index in [1.807, 2.05) is 13.2 Å². The number of aromatic nitrogens is 5. The minimum atomic E-state index is -0.337. The molecule has 0 fully saturated rings. The van der Waals surface area contributed by atoms with Gasteiger partial charge in [-0.2, -0.15) is 4.98 Å². The van der Waals surface area contributed by atoms with Crippen LogP contribution in [0.25, 0.3) is 0 Å². The van der Waals surface area contributed by atoms with Gasteiger partial charge in [0.25, 0.3) is 5.91 Å². The molecule has 2 heterocycles. The van der Waals surface area contributed by atoms with Gasteiger partial charge >= 0.3 is 6.01 Å². The first kappa shape index (κ1) is 15.2. The van der Waals surface area contributed by atoms with Crippen LogP contribution in [0.4, 0.5) is 5.95 Å². The number of aryl methyl sites for hydroxylation is 2. The summed E-state index contributed by atoms with van der Waals surface area (Å²) in [5, 5.41) is 9.67. The van der Waals surface area contributed by atoms with Crippen molar-refractivity contribution in [2.75, 3.05) is 18.2 Å². The maximum absolute atomic E-state index is 12.4. The molecular formula is C12H16N6O2S. The highest BCUT2D eigenvalue weighted by Gasteiger charge is 2.19. The maximum atomic E-state index is 12.4. The molecule has 2 rings (SSSR count). The Bertz CT molecular complexity index is 657. The van der Waals surface area contributed by atoms with Gasteiger partial charge in [0.05, 0.1) is 17.9 Å². The van der Waals surface area contributed by atoms with E-state index in [-0.39, 0.29) is 17.9 Å². The van der Waals surface area contributed by atoms with Gasteiger partial charge in [0, 0.05) is 0 Å². The van der Waals surface area contributed by atoms with Crippen molar-refractivity contribution in [3.8, 4) is 6.01 Å². The van der Waals surface area contributed by atoms with Crippen molar-refractivity contribution in [3.63, 3.8) is 0 Å². The van der Waals surface area contributed by atoms with Crippen molar-refractivity contribution in [2.24, 2.45) is 0 Å². The summed E-state index contributed by atoms with van der Waals surface area (Å²) in [5.74, 6) is 0.512. The van der Waals surface area contributed by atoms with Crippen molar-refractivity contribution in [1.29, 1.82) is 0 Å². The van der Waals surface area contributed by atoms with E-state index in [9.17, 15) is 4.79 Å². The third-order valence-electron chi connectivity index (χ3n) is 2.56. The largest absolute Gasteiger partial charge is 0.463 e. The lowest BCUT2D eigenvalue weighted by Crippen LogP contribution is -2.17. The molecule has 0 unspecified atom stereocenters. The molecule has 0 radical (unpaired) electrons. The number of nitrogens with one attached hydrogen (secondary N) is 2. The first-order valence-electron chi connectivity index (χ1n) is 6.31. The third-order valence-corrected chi connectivity index (χ3v) is 3.24. The molecule has 2 N–H and O–H groups in total. The maximum Gasteiger partial charge on any atom is 0.337 e. The SMILES string of the molecule is CCOc1n[nH]c(NC(=O)c2c(C)nc(C)nc2SC)n1. The van der Waals surface area contributed by atoms with Crippen molar-refractivity contribution in [1.82, 2.24) is 25.1 Å². The van der Waals surface area contributed by atoms with Gasteiger partial charge in [-0.1, -0.05) is 0 Å². The molecular weight excluding hydrogens is 292 g/mol. The number of carbonyl (C=O) groups excluding carboxylic acids is 1. The van der Waals surface area contributed by atoms with Crippen LogP contribution >= 0.6 is 11.8 Å². The third kappa shape index (κ3) is 3.48. The van der Waals surface area contributed by atoms with E-state index in [2.05, 4.69) is 30.5 Å². The van der Waals surface area contributed by atoms with E-state index in [0.717, 1.165) is 0 Å². The molecule has 8 nitrogen and oxygen atoms in total. The lowest BCUT2D eigenvalue weighted by Gasteiger charge is -2.09. The van der Waals surface area contributed by atoms with Gasteiger partial charge in [0.15, 0.2) is 0 Å². The van der Waals surface area contributed by atoms with E-state index in [4.69, 9.17) is 4.74 Å². The Hall–Kier alpha value is -2.16. The summed E-state index contributed by atoms with van der Waals surface area (Å²) in [4.78, 5) is 24.9. The number of H-pyrrole nitrogens is 1. The van der Waals surface area contributed by atoms with Crippen molar-refractivity contribution in [2.45, 2.75) is 25.8 Å². The lowest BCUT2D eigenvalue weighted by atomic mass is 10.2. The van der Waals surface area contributed by atoms with E-state index in [0.29, 0.717) is 28.7 Å². The summed E-state index contributed by atoms with van der Waals surface area (Å²) in [7, 11) is 0. The topological polar surface area (TPSA) is 106 Å². The molecule has 0 aliphatic rings. The number of amides is 1. The second kappa shape index (κ2) is 6.53. The average Bonchev–Trinajstić information content (AvgIpc) is 2.85. The van der Waals surface area contributed by atoms with E-state index in [1.54, 1.807) is 13.8 Å². The van der Waals surface area contributed by atoms with Crippen molar-refractivity contribution in [3.05, 3.63) is 17.1 Å². The molecule has 2 aromatic heterocycles. The number of carbonyl (C=O) groups is 1. The van der Waals surface area contributed by atoms with Gasteiger partial charge in [0.1, 0.15) is 10.9 Å². The first-order chi connectivity index (χ1) is 10.0. The molecule has 9 heteroatoms. The quantitative estimate of drug-likeness (QED) is 0.638. The summed E-state index contributed by atoms with van der Waals surface area (Å²) in [6.45, 7) is 5.84. The molecule has 21 heavy (non-hydrogen) atoms. The van der Waals surface area contributed by atoms with E-state index < -0.39 is 0 Å². The number of ether oxygens (including phenoxy) is 1. The van der Waals surface area contributed by atoms with E-state index >= 15 is 0 Å². The van der Waals surface area contributed by atoms with Crippen LogP contribution in [0.3, 0.4) is 0 Å². The smallest absolute Gasteiger partial charge is 0.337 e. The van der Waals surface area contributed by atoms with Gasteiger partial charge in [-0.25, -0.2) is 15.1 Å². The molecule has 1 amide bonds. The van der Waals surface area contributed by atoms with Crippen LogP contribution in [0, 0.1) is 13.8 Å². The summed E-state index contributed by atoms with van der Waals surface area (Å²) in [6.07, 6.45) is 1.86. The van der Waals surface area contributed by atoms with Gasteiger partial charge in [-0.15, -0.1) is 16.9 Å². The van der Waals surface area contributed by atoms with Crippen molar-refractivity contribution < 1.29 is 9.53 Å². The van der Waals surface area contributed by atoms with Gasteiger partial charge in [0.2, 0.25) is 5.95 Å². The molecule has 0 spiro atoms. The lowest BCUT2D eigenvalue weighted by molar-refractivity contribution is 0.102. The Kier molecular flexibility index (Phi) is 4.73. The fourth-order valence-electron chi connectivity index (χ4n) is 1.76. The predicted octanol–water partition coefficient (Wildman–Crippen LogP) is 1.58. The zero-order valence-electron chi connectivity index (χ0n) is 12.2. The predicted molar refractivity (Wildman–Crippen MR) is 78.8 cm³/mol. The Morgan fingerprint density at radius 1 is 1.33 bits per heavy atom. The molecule has 0 saturated heterocycles. The Balaban J connectivity index is 2.23. The summed E-state index contributed by atoms with van der Waals surface area (Å²) in [6, 6.07) is 0.190. The Labute approximate surface area is 126 Å². The van der Waals surface area contributed by atoms with Crippen LogP contribution in [0.5, 0.6) is 6.01 Å². The second-order valence-corrected chi connectivity index (χ2v) is 4.89. The van der Waals surface area contributed by atoms with Crippen LogP contribution in [0.2, 0.25) is 0 Å². The van der Waals surface area contributed by atoms with Crippen LogP contribution < -0.4 is 10.1 Å². The molecule has 0 atom stereocenters. The molecule has 0 aliphatic carbocycles. The fourth-order valence-corrected chi connectivity index (χ4v) is 2.42. The number of aromatic amines is 1. The van der Waals surface area contributed by atoms with Gasteiger partial charge < -0.3 is 4.74 Å². The number of nitrogens with zero attached hydrogens (tertiary/aromatic N) is 4. The Morgan fingerprint density at radius 3 is 2.76 bits per heavy atom. The molecule has 2 aromatic rings. The molecule has 0 saturated carbocycles. The zero-order chi connectivity index (χ0) is 15.4. The highest BCUT2D eigenvalue weighted by Crippen LogP contribution is 2.21. The van der Waals surface area contributed by atoms with Crippen LogP contribution in [0.15, 0.2) is 5.03 Å². The first-order valence-corrected chi connectivity index (χ1v) is 7.53. The van der Waals surface area contributed by atoms with Gasteiger partial charge in [-0.05, 0) is 27.0 Å². The second-order valence-electron chi connectivity index (χ2n) is 4.09. The average molecular weight is 308 g/mol. The Morgan fingerprint density at radius 2 is 2.10 bits per heavy atom. The van der Waals surface area contributed by atoms with Gasteiger partial charge in [-0.3, -0.25) is 10.1 Å². The zero-order valence-corrected chi connectivity index (χ0v) is 13.0. The standard InChI is InChI=1S/C12H16N6O2S/c1-5-20-12-16-11(17-18-12)15-9(19)8-6(2)13-7(3)14-10(8)21-4/h5H2,1-4H3,(H2,15,16,17,18,19). The highest BCUT2D eigenvalue weighted by molar-refractivity contribution is 7.98.